The number of carbonyl (C=O) groups is 7. The predicted octanol–water partition coefficient (Wildman–Crippen LogP) is -0.276. The van der Waals surface area contributed by atoms with Gasteiger partial charge in [0.2, 0.25) is 23.6 Å². The Morgan fingerprint density at radius 3 is 1.94 bits per heavy atom. The van der Waals surface area contributed by atoms with Crippen LogP contribution in [0.2, 0.25) is 0 Å². The van der Waals surface area contributed by atoms with Crippen LogP contribution in [-0.2, 0) is 38.6 Å². The first kappa shape index (κ1) is 46.2. The number of carbonyl (C=O) groups excluding carboxylic acids is 5. The molecule has 5 amide bonds. The summed E-state index contributed by atoms with van der Waals surface area (Å²) in [5, 5.41) is 32.2. The molecule has 11 N–H and O–H groups in total. The third kappa shape index (κ3) is 17.5. The van der Waals surface area contributed by atoms with Gasteiger partial charge in [-0.3, -0.25) is 28.8 Å². The van der Waals surface area contributed by atoms with Crippen molar-refractivity contribution in [2.75, 3.05) is 37.0 Å². The number of anilines is 1. The summed E-state index contributed by atoms with van der Waals surface area (Å²) in [7, 11) is -3.62. The van der Waals surface area contributed by atoms with Crippen LogP contribution in [-0.4, -0.2) is 110 Å². The Hall–Kier alpha value is -4.78. The van der Waals surface area contributed by atoms with Gasteiger partial charge < -0.3 is 48.3 Å². The molecule has 1 aromatic rings. The molecule has 0 aliphatic rings. The van der Waals surface area contributed by atoms with Crippen LogP contribution in [0, 0.1) is 10.8 Å². The van der Waals surface area contributed by atoms with E-state index in [0.717, 1.165) is 11.9 Å². The van der Waals surface area contributed by atoms with Crippen LogP contribution in [0.4, 0.5) is 5.69 Å². The lowest BCUT2D eigenvalue weighted by Gasteiger charge is -2.32. The summed E-state index contributed by atoms with van der Waals surface area (Å²) >= 11 is 0. The number of nitrogens with two attached hydrogens (primary N) is 2. The van der Waals surface area contributed by atoms with Crippen molar-refractivity contribution in [1.82, 2.24) is 21.3 Å². The van der Waals surface area contributed by atoms with Gasteiger partial charge in [0.15, 0.2) is 0 Å². The molecule has 0 aliphatic carbocycles. The van der Waals surface area contributed by atoms with E-state index in [1.807, 2.05) is 0 Å². The Balaban J connectivity index is 2.77. The van der Waals surface area contributed by atoms with Gasteiger partial charge in [-0.05, 0) is 76.6 Å². The molecule has 0 bridgehead atoms. The van der Waals surface area contributed by atoms with Crippen LogP contribution >= 0.6 is 0 Å². The molecule has 0 heterocycles. The largest absolute Gasteiger partial charge is 0.481 e. The monoisotopic (exact) mass is 769 g/mol. The Kier molecular flexibility index (Phi) is 18.4. The van der Waals surface area contributed by atoms with Crippen molar-refractivity contribution >= 4 is 57.0 Å². The number of rotatable bonds is 25. The van der Waals surface area contributed by atoms with E-state index in [9.17, 15) is 52.2 Å². The number of primary amides is 1. The normalized spacial score (nSPS) is 13.5. The van der Waals surface area contributed by atoms with E-state index >= 15 is 0 Å². The average Bonchev–Trinajstić information content (AvgIpc) is 3.05. The fourth-order valence-electron chi connectivity index (χ4n) is 5.31. The molecule has 19 heteroatoms. The summed E-state index contributed by atoms with van der Waals surface area (Å²) < 4.78 is 23.7. The molecule has 53 heavy (non-hydrogen) atoms. The highest BCUT2D eigenvalue weighted by atomic mass is 32.2. The zero-order chi connectivity index (χ0) is 40.6. The molecule has 1 aromatic carbocycles. The Labute approximate surface area is 309 Å². The summed E-state index contributed by atoms with van der Waals surface area (Å²) in [6, 6.07) is 2.61. The molecule has 0 aromatic heterocycles. The molecule has 1 rings (SSSR count). The van der Waals surface area contributed by atoms with Gasteiger partial charge >= 0.3 is 11.9 Å². The summed E-state index contributed by atoms with van der Waals surface area (Å²) in [5.41, 5.74) is 9.56. The standard InChI is InChI=1S/C34H55N7O11S/c1-33(2,20-34(3,4)32(49)50)31(48)41-24(15-19-53(5,51)52)29(45)40-25(30(46)47)13-14-26(42)39-23(27(36)43)8-6-7-17-38-28(44)21-9-11-22(12-10-21)37-18-16-35/h9-12,23-25,37H,6-8,13-20,35H2,1-5H3,(H2,36,43)(H,38,44)(H,39,42)(H,40,45)(H,41,48)(H,46,47)(H,49,50)/t23-,24?,25?/m0/s1. The smallest absolute Gasteiger partial charge is 0.326 e. The van der Waals surface area contributed by atoms with Crippen molar-refractivity contribution in [2.24, 2.45) is 22.3 Å². The van der Waals surface area contributed by atoms with Crippen LogP contribution in [0.3, 0.4) is 0 Å². The number of hydrogen-bond acceptors (Lipinski definition) is 11. The number of sulfone groups is 1. The quantitative estimate of drug-likeness (QED) is 0.0579. The van der Waals surface area contributed by atoms with E-state index in [4.69, 9.17) is 11.5 Å². The summed E-state index contributed by atoms with van der Waals surface area (Å²) in [6.45, 7) is 7.11. The Morgan fingerprint density at radius 1 is 0.792 bits per heavy atom. The van der Waals surface area contributed by atoms with Crippen LogP contribution in [0.15, 0.2) is 24.3 Å². The highest BCUT2D eigenvalue weighted by Crippen LogP contribution is 2.34. The maximum Gasteiger partial charge on any atom is 0.326 e. The first-order valence-electron chi connectivity index (χ1n) is 17.1. The number of hydrogen-bond donors (Lipinski definition) is 9. The van der Waals surface area contributed by atoms with E-state index in [2.05, 4.69) is 26.6 Å². The van der Waals surface area contributed by atoms with Crippen molar-refractivity contribution in [3.8, 4) is 0 Å². The lowest BCUT2D eigenvalue weighted by atomic mass is 9.74. The minimum absolute atomic E-state index is 0.138. The summed E-state index contributed by atoms with van der Waals surface area (Å²) in [5.74, 6) is -6.83. The fourth-order valence-corrected chi connectivity index (χ4v) is 5.97. The van der Waals surface area contributed by atoms with Crippen molar-refractivity contribution in [1.29, 1.82) is 0 Å². The number of amides is 5. The van der Waals surface area contributed by atoms with Gasteiger partial charge in [0.05, 0.1) is 11.2 Å². The molecule has 0 saturated carbocycles. The highest BCUT2D eigenvalue weighted by molar-refractivity contribution is 7.90. The van der Waals surface area contributed by atoms with Crippen LogP contribution in [0.1, 0.15) is 83.0 Å². The van der Waals surface area contributed by atoms with Crippen LogP contribution in [0.5, 0.6) is 0 Å². The van der Waals surface area contributed by atoms with Crippen molar-refractivity contribution in [3.05, 3.63) is 29.8 Å². The SMILES string of the molecule is CC(C)(CC(C)(C)C(=O)NC(CCS(C)(=O)=O)C(=O)NC(CCC(=O)N[C@@H](CCCCNC(=O)c1ccc(NCCN)cc1)C(N)=O)C(=O)O)C(=O)O. The average molecular weight is 770 g/mol. The Bertz CT molecular complexity index is 1560. The van der Waals surface area contributed by atoms with Gasteiger partial charge in [-0.1, -0.05) is 13.8 Å². The highest BCUT2D eigenvalue weighted by Gasteiger charge is 2.40. The third-order valence-electron chi connectivity index (χ3n) is 8.26. The summed E-state index contributed by atoms with van der Waals surface area (Å²) in [6.07, 6.45) is 0.486. The molecular formula is C34H55N7O11S. The molecular weight excluding hydrogens is 714 g/mol. The van der Waals surface area contributed by atoms with Gasteiger partial charge in [-0.25, -0.2) is 13.2 Å². The number of aliphatic carboxylic acids is 2. The molecule has 0 aliphatic heterocycles. The predicted molar refractivity (Wildman–Crippen MR) is 196 cm³/mol. The fraction of sp³-hybridized carbons (Fsp3) is 0.618. The molecule has 3 atom stereocenters. The maximum absolute atomic E-state index is 13.2. The van der Waals surface area contributed by atoms with E-state index in [-0.39, 0.29) is 25.3 Å². The van der Waals surface area contributed by atoms with Gasteiger partial charge in [0.1, 0.15) is 28.0 Å². The van der Waals surface area contributed by atoms with Crippen LogP contribution in [0.25, 0.3) is 0 Å². The van der Waals surface area contributed by atoms with Crippen molar-refractivity contribution in [3.63, 3.8) is 0 Å². The zero-order valence-electron chi connectivity index (χ0n) is 31.0. The van der Waals surface area contributed by atoms with E-state index in [1.165, 1.54) is 27.7 Å². The van der Waals surface area contributed by atoms with Gasteiger partial charge in [0.25, 0.3) is 5.91 Å². The van der Waals surface area contributed by atoms with Crippen molar-refractivity contribution in [2.45, 2.75) is 90.8 Å². The van der Waals surface area contributed by atoms with E-state index < -0.39 is 99.4 Å². The number of carboxylic acid groups (broad SMARTS) is 2. The maximum atomic E-state index is 13.2. The van der Waals surface area contributed by atoms with Gasteiger partial charge in [-0.15, -0.1) is 0 Å². The molecule has 0 saturated heterocycles. The molecule has 0 spiro atoms. The topological polar surface area (TPSA) is 306 Å². The molecule has 0 radical (unpaired) electrons. The van der Waals surface area contributed by atoms with Gasteiger partial charge in [0, 0.05) is 49.0 Å². The minimum atomic E-state index is -3.62. The Morgan fingerprint density at radius 2 is 1.42 bits per heavy atom. The second-order valence-electron chi connectivity index (χ2n) is 14.2. The first-order chi connectivity index (χ1) is 24.5. The van der Waals surface area contributed by atoms with E-state index in [1.54, 1.807) is 24.3 Å². The number of unbranched alkanes of at least 4 members (excludes halogenated alkanes) is 1. The molecule has 18 nitrogen and oxygen atoms in total. The first-order valence-corrected chi connectivity index (χ1v) is 19.2. The van der Waals surface area contributed by atoms with E-state index in [0.29, 0.717) is 31.5 Å². The molecule has 2 unspecified atom stereocenters. The second kappa shape index (κ2) is 21.1. The molecule has 298 valence electrons. The summed E-state index contributed by atoms with van der Waals surface area (Å²) in [4.78, 5) is 87.2. The molecule has 0 fully saturated rings. The third-order valence-corrected chi connectivity index (χ3v) is 9.23. The van der Waals surface area contributed by atoms with Crippen molar-refractivity contribution < 1.29 is 52.2 Å². The lowest BCUT2D eigenvalue weighted by Crippen LogP contribution is -2.55. The minimum Gasteiger partial charge on any atom is -0.481 e. The van der Waals surface area contributed by atoms with Gasteiger partial charge in [-0.2, -0.15) is 0 Å². The van der Waals surface area contributed by atoms with Crippen LogP contribution < -0.4 is 38.1 Å². The number of carboxylic acids is 2. The zero-order valence-corrected chi connectivity index (χ0v) is 31.8. The number of nitrogens with one attached hydrogen (secondary N) is 5. The second-order valence-corrected chi connectivity index (χ2v) is 16.5. The number of benzene rings is 1. The lowest BCUT2D eigenvalue weighted by molar-refractivity contribution is -0.150.